The van der Waals surface area contributed by atoms with E-state index in [0.29, 0.717) is 16.3 Å². The van der Waals surface area contributed by atoms with Crippen LogP contribution in [0.1, 0.15) is 42.4 Å². The Labute approximate surface area is 201 Å². The van der Waals surface area contributed by atoms with Gasteiger partial charge in [0.25, 0.3) is 5.91 Å². The molecule has 0 saturated heterocycles. The van der Waals surface area contributed by atoms with Crippen LogP contribution in [0, 0.1) is 5.82 Å². The maximum absolute atomic E-state index is 14.0. The summed E-state index contributed by atoms with van der Waals surface area (Å²) >= 11 is 6.05. The largest absolute Gasteiger partial charge is 0.471 e. The smallest absolute Gasteiger partial charge is 0.278 e. The molecule has 2 heterocycles. The molecule has 4 aromatic rings. The van der Waals surface area contributed by atoms with Crippen LogP contribution >= 0.6 is 11.6 Å². The first-order chi connectivity index (χ1) is 16.2. The molecule has 1 N–H and O–H groups in total. The molecule has 176 valence electrons. The van der Waals surface area contributed by atoms with Crippen LogP contribution in [0.25, 0.3) is 0 Å². The Balaban J connectivity index is 1.33. The van der Waals surface area contributed by atoms with Crippen molar-refractivity contribution in [2.24, 2.45) is 0 Å². The fourth-order valence-electron chi connectivity index (χ4n) is 3.19. The fraction of sp³-hybridized carbons (Fsp3) is 0.250. The molecule has 0 spiro atoms. The zero-order valence-corrected chi connectivity index (χ0v) is 19.8. The Morgan fingerprint density at radius 3 is 2.56 bits per heavy atom. The Morgan fingerprint density at radius 2 is 1.85 bits per heavy atom. The summed E-state index contributed by atoms with van der Waals surface area (Å²) in [5.74, 6) is -0.136. The minimum Gasteiger partial charge on any atom is -0.471 e. The van der Waals surface area contributed by atoms with Crippen molar-refractivity contribution in [3.8, 4) is 5.75 Å². The van der Waals surface area contributed by atoms with Gasteiger partial charge in [0.1, 0.15) is 17.9 Å². The summed E-state index contributed by atoms with van der Waals surface area (Å²) in [5, 5.41) is 11.2. The maximum Gasteiger partial charge on any atom is 0.278 e. The monoisotopic (exact) mass is 482 g/mol. The molecule has 0 aliphatic heterocycles. The molecule has 0 atom stereocenters. The molecule has 0 aliphatic carbocycles. The minimum absolute atomic E-state index is 0.0677. The summed E-state index contributed by atoms with van der Waals surface area (Å²) in [6.45, 7) is 6.68. The van der Waals surface area contributed by atoms with Crippen molar-refractivity contribution in [3.05, 3.63) is 88.7 Å². The SMILES string of the molecule is CC(C)(C)c1ccc(OCn2ccc(C(=O)Nc3ncn(Cc4c(F)cccc4Cl)n3)n2)cc1. The van der Waals surface area contributed by atoms with Gasteiger partial charge in [0.05, 0.1) is 6.54 Å². The lowest BCUT2D eigenvalue weighted by molar-refractivity contribution is 0.101. The van der Waals surface area contributed by atoms with Gasteiger partial charge in [0.2, 0.25) is 5.95 Å². The third-order valence-electron chi connectivity index (χ3n) is 5.10. The van der Waals surface area contributed by atoms with Crippen LogP contribution in [-0.2, 0) is 18.7 Å². The van der Waals surface area contributed by atoms with Crippen LogP contribution in [0.15, 0.2) is 61.1 Å². The van der Waals surface area contributed by atoms with Gasteiger partial charge in [-0.2, -0.15) is 5.10 Å². The fourth-order valence-corrected chi connectivity index (χ4v) is 3.41. The number of carbonyl (C=O) groups is 1. The molecule has 0 aliphatic rings. The Hall–Kier alpha value is -3.72. The van der Waals surface area contributed by atoms with Gasteiger partial charge in [-0.05, 0) is 41.3 Å². The van der Waals surface area contributed by atoms with E-state index in [1.54, 1.807) is 18.3 Å². The summed E-state index contributed by atoms with van der Waals surface area (Å²) < 4.78 is 22.6. The first kappa shape index (κ1) is 23.4. The number of hydrogen-bond donors (Lipinski definition) is 1. The van der Waals surface area contributed by atoms with E-state index >= 15 is 0 Å². The zero-order chi connectivity index (χ0) is 24.3. The summed E-state index contributed by atoms with van der Waals surface area (Å²) in [5.41, 5.74) is 1.75. The Kier molecular flexibility index (Phi) is 6.65. The van der Waals surface area contributed by atoms with E-state index in [0.717, 1.165) is 0 Å². The molecule has 2 aromatic heterocycles. The molecule has 0 bridgehead atoms. The topological polar surface area (TPSA) is 86.9 Å². The molecule has 0 saturated carbocycles. The van der Waals surface area contributed by atoms with Crippen molar-refractivity contribution >= 4 is 23.5 Å². The number of nitrogens with zero attached hydrogens (tertiary/aromatic N) is 5. The Bertz CT molecular complexity index is 1270. The van der Waals surface area contributed by atoms with Crippen LogP contribution in [-0.4, -0.2) is 30.5 Å². The maximum atomic E-state index is 14.0. The molecule has 1 amide bonds. The van der Waals surface area contributed by atoms with E-state index in [1.807, 2.05) is 24.3 Å². The van der Waals surface area contributed by atoms with Crippen molar-refractivity contribution < 1.29 is 13.9 Å². The van der Waals surface area contributed by atoms with Gasteiger partial charge in [-0.1, -0.05) is 50.6 Å². The number of carbonyl (C=O) groups excluding carboxylic acids is 1. The molecular weight excluding hydrogens is 459 g/mol. The van der Waals surface area contributed by atoms with E-state index in [-0.39, 0.29) is 30.3 Å². The van der Waals surface area contributed by atoms with Crippen molar-refractivity contribution in [1.82, 2.24) is 24.5 Å². The third-order valence-corrected chi connectivity index (χ3v) is 5.45. The summed E-state index contributed by atoms with van der Waals surface area (Å²) in [7, 11) is 0. The molecule has 0 unspecified atom stereocenters. The van der Waals surface area contributed by atoms with E-state index in [2.05, 4.69) is 41.3 Å². The number of benzene rings is 2. The van der Waals surface area contributed by atoms with Gasteiger partial charge in [-0.3, -0.25) is 10.1 Å². The first-order valence-electron chi connectivity index (χ1n) is 10.6. The van der Waals surface area contributed by atoms with Crippen molar-refractivity contribution in [2.45, 2.75) is 39.5 Å². The van der Waals surface area contributed by atoms with Crippen LogP contribution in [0.2, 0.25) is 5.02 Å². The number of hydrogen-bond acceptors (Lipinski definition) is 5. The quantitative estimate of drug-likeness (QED) is 0.405. The highest BCUT2D eigenvalue weighted by atomic mass is 35.5. The number of rotatable bonds is 7. The van der Waals surface area contributed by atoms with Crippen LogP contribution in [0.5, 0.6) is 5.75 Å². The van der Waals surface area contributed by atoms with E-state index in [9.17, 15) is 9.18 Å². The second-order valence-corrected chi connectivity index (χ2v) is 9.12. The molecular formula is C24H24ClFN6O2. The number of amides is 1. The molecule has 10 heteroatoms. The highest BCUT2D eigenvalue weighted by Gasteiger charge is 2.15. The van der Waals surface area contributed by atoms with Crippen LogP contribution in [0.3, 0.4) is 0 Å². The number of ether oxygens (including phenoxy) is 1. The van der Waals surface area contributed by atoms with E-state index < -0.39 is 11.7 Å². The lowest BCUT2D eigenvalue weighted by Crippen LogP contribution is -2.15. The standard InChI is InChI=1S/C24H24ClFN6O2/c1-24(2,3)16-7-9-17(10-8-16)34-15-31-12-11-21(29-31)22(33)28-23-27-14-32(30-23)13-18-19(25)5-4-6-20(18)26/h4-12,14H,13,15H2,1-3H3,(H,28,30,33). The molecule has 34 heavy (non-hydrogen) atoms. The average Bonchev–Trinajstić information content (AvgIpc) is 3.44. The van der Waals surface area contributed by atoms with Crippen LogP contribution < -0.4 is 10.1 Å². The van der Waals surface area contributed by atoms with Gasteiger partial charge in [0.15, 0.2) is 12.4 Å². The van der Waals surface area contributed by atoms with Crippen LogP contribution in [0.4, 0.5) is 10.3 Å². The van der Waals surface area contributed by atoms with Gasteiger partial charge < -0.3 is 4.74 Å². The lowest BCUT2D eigenvalue weighted by atomic mass is 9.87. The van der Waals surface area contributed by atoms with Crippen molar-refractivity contribution in [1.29, 1.82) is 0 Å². The molecule has 0 fully saturated rings. The van der Waals surface area contributed by atoms with Gasteiger partial charge in [0, 0.05) is 16.8 Å². The number of halogens is 2. The predicted octanol–water partition coefficient (Wildman–Crippen LogP) is 4.90. The third kappa shape index (κ3) is 5.60. The molecule has 8 nitrogen and oxygen atoms in total. The van der Waals surface area contributed by atoms with Crippen molar-refractivity contribution in [2.75, 3.05) is 5.32 Å². The minimum atomic E-state index is -0.477. The normalized spacial score (nSPS) is 11.4. The highest BCUT2D eigenvalue weighted by Crippen LogP contribution is 2.24. The second-order valence-electron chi connectivity index (χ2n) is 8.71. The first-order valence-corrected chi connectivity index (χ1v) is 11.0. The van der Waals surface area contributed by atoms with Gasteiger partial charge >= 0.3 is 0 Å². The molecule has 0 radical (unpaired) electrons. The van der Waals surface area contributed by atoms with E-state index in [1.165, 1.54) is 33.4 Å². The zero-order valence-electron chi connectivity index (χ0n) is 19.0. The highest BCUT2D eigenvalue weighted by molar-refractivity contribution is 6.31. The number of anilines is 1. The average molecular weight is 483 g/mol. The summed E-state index contributed by atoms with van der Waals surface area (Å²) in [4.78, 5) is 16.6. The molecule has 4 rings (SSSR count). The molecule has 2 aromatic carbocycles. The lowest BCUT2D eigenvalue weighted by Gasteiger charge is -2.19. The van der Waals surface area contributed by atoms with Crippen molar-refractivity contribution in [3.63, 3.8) is 0 Å². The van der Waals surface area contributed by atoms with E-state index in [4.69, 9.17) is 16.3 Å². The van der Waals surface area contributed by atoms with Gasteiger partial charge in [-0.15, -0.1) is 5.10 Å². The Morgan fingerprint density at radius 1 is 1.09 bits per heavy atom. The van der Waals surface area contributed by atoms with Gasteiger partial charge in [-0.25, -0.2) is 18.7 Å². The number of aromatic nitrogens is 5. The summed E-state index contributed by atoms with van der Waals surface area (Å²) in [6, 6.07) is 13.9. The predicted molar refractivity (Wildman–Crippen MR) is 126 cm³/mol. The number of nitrogens with one attached hydrogen (secondary N) is 1. The second kappa shape index (κ2) is 9.64. The summed E-state index contributed by atoms with van der Waals surface area (Å²) in [6.07, 6.45) is 3.03.